The van der Waals surface area contributed by atoms with Crippen molar-refractivity contribution in [3.05, 3.63) is 21.9 Å². The van der Waals surface area contributed by atoms with Gasteiger partial charge in [-0.05, 0) is 32.5 Å². The molecule has 102 valence electrons. The van der Waals surface area contributed by atoms with Gasteiger partial charge in [0.2, 0.25) is 5.91 Å². The zero-order chi connectivity index (χ0) is 13.7. The van der Waals surface area contributed by atoms with Crippen LogP contribution in [0.3, 0.4) is 0 Å². The van der Waals surface area contributed by atoms with Crippen LogP contribution in [-0.4, -0.2) is 37.0 Å². The molecule has 0 radical (unpaired) electrons. The number of aryl methyl sites for hydroxylation is 1. The van der Waals surface area contributed by atoms with Crippen LogP contribution in [0.15, 0.2) is 12.1 Å². The Hall–Kier alpha value is -0.910. The normalized spacial score (nSPS) is 14.6. The van der Waals surface area contributed by atoms with E-state index in [1.807, 2.05) is 6.92 Å². The first-order valence-corrected chi connectivity index (χ1v) is 7.07. The number of rotatable bonds is 6. The van der Waals surface area contributed by atoms with Gasteiger partial charge in [-0.3, -0.25) is 9.69 Å². The molecule has 0 bridgehead atoms. The standard InChI is InChI=1S/C13H23N3OS/c1-5-16(8-12(17)15-4)13(10(3)14)11-7-6-9(2)18-11/h6-7,10,13H,5,8,14H2,1-4H3,(H,15,17). The van der Waals surface area contributed by atoms with Gasteiger partial charge in [-0.15, -0.1) is 11.3 Å². The van der Waals surface area contributed by atoms with Crippen molar-refractivity contribution in [1.29, 1.82) is 0 Å². The van der Waals surface area contributed by atoms with E-state index >= 15 is 0 Å². The first-order chi connectivity index (χ1) is 8.49. The molecule has 0 aromatic carbocycles. The van der Waals surface area contributed by atoms with Gasteiger partial charge in [0, 0.05) is 22.8 Å². The number of nitrogens with zero attached hydrogens (tertiary/aromatic N) is 1. The first kappa shape index (κ1) is 15.1. The van der Waals surface area contributed by atoms with Crippen LogP contribution < -0.4 is 11.1 Å². The number of likely N-dealkylation sites (N-methyl/N-ethyl adjacent to an activating group) is 2. The van der Waals surface area contributed by atoms with Crippen LogP contribution in [0.25, 0.3) is 0 Å². The molecule has 0 spiro atoms. The molecule has 1 amide bonds. The van der Waals surface area contributed by atoms with Gasteiger partial charge in [-0.1, -0.05) is 6.92 Å². The fraction of sp³-hybridized carbons (Fsp3) is 0.615. The predicted molar refractivity (Wildman–Crippen MR) is 76.8 cm³/mol. The highest BCUT2D eigenvalue weighted by molar-refractivity contribution is 7.12. The van der Waals surface area contributed by atoms with E-state index in [0.29, 0.717) is 6.54 Å². The molecular formula is C13H23N3OS. The van der Waals surface area contributed by atoms with E-state index in [1.54, 1.807) is 18.4 Å². The van der Waals surface area contributed by atoms with Crippen LogP contribution in [0.5, 0.6) is 0 Å². The summed E-state index contributed by atoms with van der Waals surface area (Å²) in [4.78, 5) is 16.2. The van der Waals surface area contributed by atoms with Crippen LogP contribution >= 0.6 is 11.3 Å². The van der Waals surface area contributed by atoms with Crippen molar-refractivity contribution in [3.63, 3.8) is 0 Å². The van der Waals surface area contributed by atoms with Gasteiger partial charge in [-0.25, -0.2) is 0 Å². The van der Waals surface area contributed by atoms with Crippen LogP contribution in [-0.2, 0) is 4.79 Å². The van der Waals surface area contributed by atoms with Gasteiger partial charge in [0.1, 0.15) is 0 Å². The number of carbonyl (C=O) groups excluding carboxylic acids is 1. The van der Waals surface area contributed by atoms with E-state index in [-0.39, 0.29) is 18.0 Å². The lowest BCUT2D eigenvalue weighted by Gasteiger charge is -2.32. The molecule has 1 heterocycles. The molecule has 3 N–H and O–H groups in total. The molecule has 0 fully saturated rings. The third-order valence-corrected chi connectivity index (χ3v) is 4.05. The number of nitrogens with two attached hydrogens (primary N) is 1. The molecule has 0 aliphatic rings. The lowest BCUT2D eigenvalue weighted by molar-refractivity contribution is -0.122. The Morgan fingerprint density at radius 3 is 2.61 bits per heavy atom. The average molecular weight is 269 g/mol. The highest BCUT2D eigenvalue weighted by Crippen LogP contribution is 2.29. The number of amides is 1. The van der Waals surface area contributed by atoms with Gasteiger partial charge in [-0.2, -0.15) is 0 Å². The van der Waals surface area contributed by atoms with Crippen LogP contribution in [0, 0.1) is 6.92 Å². The zero-order valence-electron chi connectivity index (χ0n) is 11.6. The van der Waals surface area contributed by atoms with Gasteiger partial charge in [0.05, 0.1) is 12.6 Å². The van der Waals surface area contributed by atoms with Crippen LogP contribution in [0.4, 0.5) is 0 Å². The zero-order valence-corrected chi connectivity index (χ0v) is 12.4. The minimum atomic E-state index is -0.00680. The summed E-state index contributed by atoms with van der Waals surface area (Å²) in [7, 11) is 1.66. The Balaban J connectivity index is 2.91. The summed E-state index contributed by atoms with van der Waals surface area (Å²) in [5, 5.41) is 2.66. The van der Waals surface area contributed by atoms with Gasteiger partial charge in [0.25, 0.3) is 0 Å². The van der Waals surface area contributed by atoms with Crippen molar-refractivity contribution < 1.29 is 4.79 Å². The number of carbonyl (C=O) groups is 1. The van der Waals surface area contributed by atoms with E-state index in [4.69, 9.17) is 5.73 Å². The molecule has 5 heteroatoms. The lowest BCUT2D eigenvalue weighted by Crippen LogP contribution is -2.43. The van der Waals surface area contributed by atoms with Gasteiger partial charge in [0.15, 0.2) is 0 Å². The third kappa shape index (κ3) is 3.80. The molecule has 18 heavy (non-hydrogen) atoms. The van der Waals surface area contributed by atoms with Crippen molar-refractivity contribution in [2.45, 2.75) is 32.9 Å². The third-order valence-electron chi connectivity index (χ3n) is 2.98. The Kier molecular flexibility index (Phi) is 5.78. The second kappa shape index (κ2) is 6.87. The minimum absolute atomic E-state index is 0.00680. The molecule has 2 unspecified atom stereocenters. The summed E-state index contributed by atoms with van der Waals surface area (Å²) >= 11 is 1.75. The minimum Gasteiger partial charge on any atom is -0.358 e. The molecule has 0 aliphatic carbocycles. The Bertz CT molecular complexity index is 389. The van der Waals surface area contributed by atoms with E-state index < -0.39 is 0 Å². The monoisotopic (exact) mass is 269 g/mol. The number of hydrogen-bond acceptors (Lipinski definition) is 4. The summed E-state index contributed by atoms with van der Waals surface area (Å²) in [5.74, 6) is 0.0239. The predicted octanol–water partition coefficient (Wildman–Crippen LogP) is 1.51. The summed E-state index contributed by atoms with van der Waals surface area (Å²) < 4.78 is 0. The number of hydrogen-bond donors (Lipinski definition) is 2. The van der Waals surface area contributed by atoms with Crippen molar-refractivity contribution in [2.75, 3.05) is 20.1 Å². The van der Waals surface area contributed by atoms with Crippen molar-refractivity contribution >= 4 is 17.2 Å². The fourth-order valence-corrected chi connectivity index (χ4v) is 3.18. The second-order valence-electron chi connectivity index (χ2n) is 4.49. The fourth-order valence-electron chi connectivity index (χ4n) is 2.05. The molecule has 2 atom stereocenters. The Labute approximate surface area is 113 Å². The molecular weight excluding hydrogens is 246 g/mol. The van der Waals surface area contributed by atoms with E-state index in [0.717, 1.165) is 6.54 Å². The summed E-state index contributed by atoms with van der Waals surface area (Å²) in [5.41, 5.74) is 6.10. The number of thiophene rings is 1. The van der Waals surface area contributed by atoms with E-state index in [9.17, 15) is 4.79 Å². The van der Waals surface area contributed by atoms with E-state index in [2.05, 4.69) is 36.2 Å². The second-order valence-corrected chi connectivity index (χ2v) is 5.81. The number of nitrogens with one attached hydrogen (secondary N) is 1. The maximum absolute atomic E-state index is 11.6. The summed E-state index contributed by atoms with van der Waals surface area (Å²) in [6.45, 7) is 7.32. The Morgan fingerprint density at radius 1 is 1.56 bits per heavy atom. The van der Waals surface area contributed by atoms with Crippen LogP contribution in [0.2, 0.25) is 0 Å². The SMILES string of the molecule is CCN(CC(=O)NC)C(c1ccc(C)s1)C(C)N. The van der Waals surface area contributed by atoms with Gasteiger partial charge >= 0.3 is 0 Å². The summed E-state index contributed by atoms with van der Waals surface area (Å²) in [6.07, 6.45) is 0. The highest BCUT2D eigenvalue weighted by Gasteiger charge is 2.25. The molecule has 0 aliphatic heterocycles. The average Bonchev–Trinajstić information content (AvgIpc) is 2.73. The molecule has 1 aromatic rings. The molecule has 4 nitrogen and oxygen atoms in total. The van der Waals surface area contributed by atoms with Crippen molar-refractivity contribution in [3.8, 4) is 0 Å². The maximum Gasteiger partial charge on any atom is 0.233 e. The summed E-state index contributed by atoms with van der Waals surface area (Å²) in [6, 6.07) is 4.31. The maximum atomic E-state index is 11.6. The first-order valence-electron chi connectivity index (χ1n) is 6.26. The molecule has 1 aromatic heterocycles. The lowest BCUT2D eigenvalue weighted by atomic mass is 10.1. The molecule has 0 saturated carbocycles. The quantitative estimate of drug-likeness (QED) is 0.823. The van der Waals surface area contributed by atoms with Crippen LogP contribution in [0.1, 0.15) is 29.6 Å². The topological polar surface area (TPSA) is 58.4 Å². The van der Waals surface area contributed by atoms with Crippen molar-refractivity contribution in [2.24, 2.45) is 5.73 Å². The largest absolute Gasteiger partial charge is 0.358 e. The van der Waals surface area contributed by atoms with E-state index in [1.165, 1.54) is 9.75 Å². The highest BCUT2D eigenvalue weighted by atomic mass is 32.1. The smallest absolute Gasteiger partial charge is 0.233 e. The molecule has 1 rings (SSSR count). The molecule has 0 saturated heterocycles. The Morgan fingerprint density at radius 2 is 2.22 bits per heavy atom. The van der Waals surface area contributed by atoms with Gasteiger partial charge < -0.3 is 11.1 Å². The van der Waals surface area contributed by atoms with Crippen molar-refractivity contribution in [1.82, 2.24) is 10.2 Å².